The van der Waals surface area contributed by atoms with Crippen LogP contribution in [0.2, 0.25) is 10.0 Å². The number of nitrogens with one attached hydrogen (secondary N) is 2. The van der Waals surface area contributed by atoms with Gasteiger partial charge in [0.2, 0.25) is 0 Å². The number of nitrogens with zero attached hydrogens (tertiary/aromatic N) is 4. The van der Waals surface area contributed by atoms with E-state index in [1.807, 2.05) is 60.7 Å². The number of rotatable bonds is 26. The van der Waals surface area contributed by atoms with E-state index < -0.39 is 94.2 Å². The Bertz CT molecular complexity index is 4020. The maximum absolute atomic E-state index is 15.9. The lowest BCUT2D eigenvalue weighted by Gasteiger charge is -2.37. The highest BCUT2D eigenvalue weighted by Gasteiger charge is 2.49. The highest BCUT2D eigenvalue weighted by Crippen LogP contribution is 2.56. The average Bonchev–Trinajstić information content (AvgIpc) is 1.41. The van der Waals surface area contributed by atoms with Crippen LogP contribution in [0.5, 0.6) is 23.0 Å². The molecule has 8 atom stereocenters. The van der Waals surface area contributed by atoms with Crippen molar-refractivity contribution in [3.05, 3.63) is 245 Å². The largest absolute Gasteiger partial charge is 0.530 e. The molecule has 462 valence electrons. The fourth-order valence-corrected chi connectivity index (χ4v) is 13.0. The fourth-order valence-electron chi connectivity index (χ4n) is 9.93. The average molecular weight is 1290 g/mol. The van der Waals surface area contributed by atoms with Crippen LogP contribution in [0, 0.1) is 18.3 Å². The number of methoxy groups -OCH3 is 2. The van der Waals surface area contributed by atoms with Crippen molar-refractivity contribution < 1.29 is 64.8 Å². The van der Waals surface area contributed by atoms with Gasteiger partial charge in [0.25, 0.3) is 11.5 Å². The molecule has 10 rings (SSSR count). The molecule has 4 heterocycles. The molecule has 89 heavy (non-hydrogen) atoms. The molecule has 2 aliphatic heterocycles. The third-order valence-electron chi connectivity index (χ3n) is 14.3. The molecule has 23 nitrogen and oxygen atoms in total. The van der Waals surface area contributed by atoms with Gasteiger partial charge in [-0.15, -0.1) is 0 Å². The van der Waals surface area contributed by atoms with Crippen molar-refractivity contribution in [3.63, 3.8) is 0 Å². The van der Waals surface area contributed by atoms with Gasteiger partial charge in [-0.25, -0.2) is 18.7 Å². The number of carbonyl (C=O) groups is 1. The number of aromatic nitrogens is 4. The van der Waals surface area contributed by atoms with Crippen LogP contribution >= 0.6 is 38.8 Å². The Balaban J connectivity index is 1.03. The monoisotopic (exact) mass is 1290 g/mol. The van der Waals surface area contributed by atoms with Gasteiger partial charge in [-0.1, -0.05) is 96.0 Å². The minimum Gasteiger partial charge on any atom is -0.497 e. The highest BCUT2D eigenvalue weighted by atomic mass is 35.5. The second-order valence-electron chi connectivity index (χ2n) is 20.2. The summed E-state index contributed by atoms with van der Waals surface area (Å²) >= 11 is 12.4. The molecular formula is C62H58Cl2N6O17P2. The van der Waals surface area contributed by atoms with Crippen LogP contribution in [0.4, 0.5) is 5.82 Å². The molecule has 0 aliphatic carbocycles. The van der Waals surface area contributed by atoms with Crippen molar-refractivity contribution in [2.75, 3.05) is 39.4 Å². The summed E-state index contributed by atoms with van der Waals surface area (Å²) in [5, 5.41) is 12.7. The van der Waals surface area contributed by atoms with E-state index in [0.29, 0.717) is 43.8 Å². The molecule has 6 aromatic carbocycles. The van der Waals surface area contributed by atoms with Gasteiger partial charge >= 0.3 is 27.0 Å². The van der Waals surface area contributed by atoms with Crippen molar-refractivity contribution in [3.8, 4) is 29.1 Å². The first-order valence-electron chi connectivity index (χ1n) is 27.7. The van der Waals surface area contributed by atoms with Gasteiger partial charge in [-0.2, -0.15) is 10.2 Å². The topological polar surface area (TPSA) is 278 Å². The zero-order valence-electron chi connectivity index (χ0n) is 47.8. The van der Waals surface area contributed by atoms with Crippen molar-refractivity contribution in [1.29, 1.82) is 5.26 Å². The van der Waals surface area contributed by atoms with E-state index in [4.69, 9.17) is 74.0 Å². The number of amides is 1. The second kappa shape index (κ2) is 28.5. The number of benzene rings is 6. The predicted octanol–water partition coefficient (Wildman–Crippen LogP) is 11.4. The number of anilines is 1. The van der Waals surface area contributed by atoms with Crippen molar-refractivity contribution >= 4 is 50.6 Å². The molecule has 2 unspecified atom stereocenters. The predicted molar refractivity (Wildman–Crippen MR) is 326 cm³/mol. The number of H-pyrrole nitrogens is 1. The molecule has 2 fully saturated rings. The van der Waals surface area contributed by atoms with Crippen LogP contribution in [-0.4, -0.2) is 83.5 Å². The second-order valence-corrected chi connectivity index (χ2v) is 24.1. The van der Waals surface area contributed by atoms with Gasteiger partial charge in [-0.3, -0.25) is 41.8 Å². The quantitative estimate of drug-likeness (QED) is 0.0289. The number of aromatic amines is 1. The molecule has 2 saturated heterocycles. The van der Waals surface area contributed by atoms with Gasteiger partial charge < -0.3 is 38.0 Å². The molecule has 0 radical (unpaired) electrons. The van der Waals surface area contributed by atoms with Gasteiger partial charge in [0.15, 0.2) is 0 Å². The first-order chi connectivity index (χ1) is 42.9. The van der Waals surface area contributed by atoms with E-state index >= 15 is 4.57 Å². The van der Waals surface area contributed by atoms with Crippen LogP contribution in [0.1, 0.15) is 64.3 Å². The van der Waals surface area contributed by atoms with Gasteiger partial charge in [-0.05, 0) is 115 Å². The SMILES string of the molecule is COc1ccc(C(OC[C@H]2O[C@@H](n3ccc(NC(=O)c4ccccc4)nc3=O)C[C@@H]2OP(=O)(OC[C@H]2O[C@@H](n3cc(C)c(=O)[nH]c3=O)C[C@@H]2OP(=O)(OCCC#N)Oc2ccc(Cl)cc2)Oc2ccc(Cl)cc2)(c2ccccc2)c2ccc(OC)cc2)cc1. The van der Waals surface area contributed by atoms with Crippen LogP contribution in [-0.2, 0) is 47.0 Å². The normalized spacial score (nSPS) is 19.5. The smallest absolute Gasteiger partial charge is 0.497 e. The molecular weight excluding hydrogens is 1230 g/mol. The van der Waals surface area contributed by atoms with E-state index in [0.717, 1.165) is 4.57 Å². The summed E-state index contributed by atoms with van der Waals surface area (Å²) < 4.78 is 101. The molecule has 2 aromatic heterocycles. The number of aryl methyl sites for hydroxylation is 1. The molecule has 0 saturated carbocycles. The summed E-state index contributed by atoms with van der Waals surface area (Å²) in [4.78, 5) is 59.6. The van der Waals surface area contributed by atoms with Crippen molar-refractivity contribution in [2.45, 2.75) is 68.7 Å². The van der Waals surface area contributed by atoms with Gasteiger partial charge in [0.1, 0.15) is 71.3 Å². The Morgan fingerprint density at radius 2 is 1.17 bits per heavy atom. The first kappa shape index (κ1) is 63.8. The zero-order valence-corrected chi connectivity index (χ0v) is 51.1. The Labute approximate surface area is 519 Å². The Morgan fingerprint density at radius 1 is 0.674 bits per heavy atom. The number of nitriles is 1. The maximum atomic E-state index is 15.9. The van der Waals surface area contributed by atoms with Crippen molar-refractivity contribution in [1.82, 2.24) is 19.1 Å². The summed E-state index contributed by atoms with van der Waals surface area (Å²) in [6.45, 7) is -0.0454. The molecule has 0 bridgehead atoms. The summed E-state index contributed by atoms with van der Waals surface area (Å²) in [6, 6.07) is 47.2. The van der Waals surface area contributed by atoms with Crippen LogP contribution in [0.15, 0.2) is 191 Å². The molecule has 27 heteroatoms. The Kier molecular flexibility index (Phi) is 20.5. The van der Waals surface area contributed by atoms with Gasteiger partial charge in [0.05, 0.1) is 46.5 Å². The molecule has 8 aromatic rings. The minimum absolute atomic E-state index is 0.00754. The van der Waals surface area contributed by atoms with E-state index in [2.05, 4.69) is 15.3 Å². The van der Waals surface area contributed by atoms with E-state index in [9.17, 15) is 29.0 Å². The lowest BCUT2D eigenvalue weighted by atomic mass is 9.80. The molecule has 0 spiro atoms. The maximum Gasteiger partial charge on any atom is 0.530 e. The van der Waals surface area contributed by atoms with E-state index in [1.165, 1.54) is 78.5 Å². The summed E-state index contributed by atoms with van der Waals surface area (Å²) in [7, 11) is -6.75. The summed E-state index contributed by atoms with van der Waals surface area (Å²) in [5.74, 6) is 0.551. The molecule has 2 N–H and O–H groups in total. The standard InChI is InChI=1S/C62H58Cl2N6O17P2/c1-40-37-70(61(74)68-58(40)71)57-36-52(86-88(75,80-34-10-32-65)84-49-27-19-45(63)20-28-49)54(83-57)39-81-89(76,85-50-29-21-46(64)22-30-50)87-51-35-56(69-33-31-55(67-60(69)73)66-59(72)41-11-6-4-7-12-41)82-53(51)38-79-62(42-13-8-5-9-14-42,43-15-23-47(77-2)24-16-43)44-17-25-48(78-3)26-18-44/h4-9,11-31,33,37,51-54,56-57H,10,34-36,38-39H2,1-3H3,(H,68,71,74)(H,66,67,72,73)/t51-,52-,53+,54+,56+,57+,88?,89?/m0/s1. The van der Waals surface area contributed by atoms with E-state index in [1.54, 1.807) is 68.8 Å². The number of phosphoric ester groups is 2. The highest BCUT2D eigenvalue weighted by molar-refractivity contribution is 7.49. The molecule has 1 amide bonds. The Morgan fingerprint density at radius 3 is 1.70 bits per heavy atom. The van der Waals surface area contributed by atoms with Crippen LogP contribution < -0.4 is 40.8 Å². The number of hydrogen-bond acceptors (Lipinski definition) is 19. The Hall–Kier alpha value is -8.20. The number of halogens is 2. The number of carbonyl (C=O) groups excluding carboxylic acids is 1. The summed E-state index contributed by atoms with van der Waals surface area (Å²) in [5.41, 5.74) is -1.33. The molecule has 2 aliphatic rings. The van der Waals surface area contributed by atoms with Crippen LogP contribution in [0.25, 0.3) is 0 Å². The number of ether oxygens (including phenoxy) is 5. The third-order valence-corrected chi connectivity index (χ3v) is 17.7. The lowest BCUT2D eigenvalue weighted by Crippen LogP contribution is -2.38. The number of phosphoric acid groups is 2. The van der Waals surface area contributed by atoms with Crippen LogP contribution in [0.3, 0.4) is 0 Å². The zero-order chi connectivity index (χ0) is 62.7. The van der Waals surface area contributed by atoms with Crippen molar-refractivity contribution in [2.24, 2.45) is 0 Å². The first-order valence-corrected chi connectivity index (χ1v) is 31.3. The minimum atomic E-state index is -5.10. The summed E-state index contributed by atoms with van der Waals surface area (Å²) in [6.07, 6.45) is -5.98. The fraction of sp³-hybridized carbons (Fsp3) is 0.258. The number of hydrogen-bond donors (Lipinski definition) is 2. The lowest BCUT2D eigenvalue weighted by molar-refractivity contribution is -0.0949. The van der Waals surface area contributed by atoms with E-state index in [-0.39, 0.29) is 48.7 Å². The third kappa shape index (κ3) is 15.5. The van der Waals surface area contributed by atoms with Gasteiger partial charge in [0, 0.05) is 46.4 Å².